The largest absolute Gasteiger partial charge is 0.400 e. The Hall–Kier alpha value is -3.08. The zero-order valence-corrected chi connectivity index (χ0v) is 34.4. The molecule has 0 amide bonds. The average molecular weight is 927 g/mol. The SMILES string of the molecule is O=C(Cl)c1cccc2nc(N3CCC(c4cc(Cl)cc(Cl)c4)(C(F)(F)F)C3)sc12.OCc1cccc2nc(N3CCC(c4cc(Cl)cc(Cl)c4)(C(F)(F)F)C3)sc12. The predicted octanol–water partition coefficient (Wildman–Crippen LogP) is 12.5. The summed E-state index contributed by atoms with van der Waals surface area (Å²) < 4.78 is 86.7. The van der Waals surface area contributed by atoms with E-state index < -0.39 is 28.4 Å². The van der Waals surface area contributed by atoms with Gasteiger partial charge in [0, 0.05) is 46.3 Å². The maximum absolute atomic E-state index is 14.2. The van der Waals surface area contributed by atoms with E-state index in [1.165, 1.54) is 47.7 Å². The van der Waals surface area contributed by atoms with Crippen LogP contribution in [0.4, 0.5) is 36.6 Å². The number of halogens is 11. The van der Waals surface area contributed by atoms with Gasteiger partial charge in [0.2, 0.25) is 0 Å². The van der Waals surface area contributed by atoms with Crippen molar-refractivity contribution in [1.82, 2.24) is 9.97 Å². The number of thiazole rings is 2. The van der Waals surface area contributed by atoms with Gasteiger partial charge in [-0.1, -0.05) is 87.3 Å². The zero-order valence-electron chi connectivity index (χ0n) is 29.0. The van der Waals surface area contributed by atoms with Crippen LogP contribution in [0.5, 0.6) is 0 Å². The first-order valence-corrected chi connectivity index (χ1v) is 20.5. The minimum Gasteiger partial charge on any atom is -0.392 e. The van der Waals surface area contributed by atoms with E-state index in [1.54, 1.807) is 46.2 Å². The number of hydrogen-bond acceptors (Lipinski definition) is 8. The average Bonchev–Trinajstić information content (AvgIpc) is 3.94. The number of benzene rings is 4. The molecule has 2 aliphatic heterocycles. The lowest BCUT2D eigenvalue weighted by molar-refractivity contribution is -0.185. The van der Waals surface area contributed by atoms with Gasteiger partial charge in [-0.25, -0.2) is 9.97 Å². The van der Waals surface area contributed by atoms with Gasteiger partial charge in [0.1, 0.15) is 10.8 Å². The molecule has 0 aliphatic carbocycles. The van der Waals surface area contributed by atoms with Crippen LogP contribution in [0.1, 0.15) is 39.9 Å². The Balaban J connectivity index is 0.000000174. The molecule has 19 heteroatoms. The normalized spacial score (nSPS) is 20.1. The number of alkyl halides is 6. The smallest absolute Gasteiger partial charge is 0.392 e. The number of aliphatic hydroxyl groups excluding tert-OH is 1. The second kappa shape index (κ2) is 15.8. The first-order chi connectivity index (χ1) is 26.8. The monoisotopic (exact) mass is 924 g/mol. The van der Waals surface area contributed by atoms with Crippen molar-refractivity contribution in [2.45, 2.75) is 42.6 Å². The highest BCUT2D eigenvalue weighted by Crippen LogP contribution is 2.52. The van der Waals surface area contributed by atoms with E-state index in [9.17, 15) is 36.2 Å². The molecule has 1 N–H and O–H groups in total. The number of fused-ring (bicyclic) bond motifs is 2. The van der Waals surface area contributed by atoms with E-state index in [1.807, 2.05) is 0 Å². The van der Waals surface area contributed by atoms with E-state index in [-0.39, 0.29) is 82.4 Å². The molecule has 300 valence electrons. The summed E-state index contributed by atoms with van der Waals surface area (Å²) in [6.45, 7) is -0.378. The lowest BCUT2D eigenvalue weighted by atomic mass is 9.79. The summed E-state index contributed by atoms with van der Waals surface area (Å²) in [5.41, 5.74) is -1.91. The van der Waals surface area contributed by atoms with Gasteiger partial charge < -0.3 is 14.9 Å². The molecular formula is C38H27Cl5F6N4O2S2. The quantitative estimate of drug-likeness (QED) is 0.133. The highest BCUT2D eigenvalue weighted by atomic mass is 35.5. The van der Waals surface area contributed by atoms with E-state index >= 15 is 0 Å². The second-order valence-electron chi connectivity index (χ2n) is 13.7. The molecule has 0 spiro atoms. The van der Waals surface area contributed by atoms with Crippen molar-refractivity contribution < 1.29 is 36.2 Å². The molecule has 2 aliphatic rings. The lowest BCUT2D eigenvalue weighted by Crippen LogP contribution is -2.44. The van der Waals surface area contributed by atoms with Gasteiger partial charge in [0.05, 0.1) is 32.6 Å². The minimum atomic E-state index is -4.51. The van der Waals surface area contributed by atoms with Crippen LogP contribution in [0.2, 0.25) is 20.1 Å². The van der Waals surface area contributed by atoms with Crippen LogP contribution in [0.15, 0.2) is 72.8 Å². The number of carbonyl (C=O) groups is 1. The van der Waals surface area contributed by atoms with Gasteiger partial charge in [-0.05, 0) is 95.7 Å². The Labute approximate surface area is 354 Å². The van der Waals surface area contributed by atoms with Crippen molar-refractivity contribution in [3.63, 3.8) is 0 Å². The summed E-state index contributed by atoms with van der Waals surface area (Å²) in [5.74, 6) is 0. The van der Waals surface area contributed by atoms with Crippen LogP contribution in [0.3, 0.4) is 0 Å². The molecule has 4 aromatic carbocycles. The lowest BCUT2D eigenvalue weighted by Gasteiger charge is -2.32. The number of hydrogen-bond donors (Lipinski definition) is 1. The third kappa shape index (κ3) is 8.01. The molecule has 6 aromatic rings. The number of nitrogens with zero attached hydrogens (tertiary/aromatic N) is 4. The van der Waals surface area contributed by atoms with Crippen molar-refractivity contribution in [1.29, 1.82) is 0 Å². The molecule has 2 aromatic heterocycles. The fourth-order valence-electron chi connectivity index (χ4n) is 7.35. The van der Waals surface area contributed by atoms with Gasteiger partial charge in [-0.3, -0.25) is 4.79 Å². The molecule has 0 bridgehead atoms. The third-order valence-electron chi connectivity index (χ3n) is 10.3. The Morgan fingerprint density at radius 3 is 1.53 bits per heavy atom. The van der Waals surface area contributed by atoms with E-state index in [0.717, 1.165) is 16.0 Å². The first kappa shape index (κ1) is 42.1. The summed E-state index contributed by atoms with van der Waals surface area (Å²) in [6, 6.07) is 18.4. The summed E-state index contributed by atoms with van der Waals surface area (Å²) in [7, 11) is 0. The number of aliphatic hydroxyl groups is 1. The van der Waals surface area contributed by atoms with E-state index in [4.69, 9.17) is 58.0 Å². The minimum absolute atomic E-state index is 0.0303. The zero-order chi connectivity index (χ0) is 41.1. The molecule has 2 atom stereocenters. The van der Waals surface area contributed by atoms with Crippen LogP contribution >= 0.6 is 80.7 Å². The summed E-state index contributed by atoms with van der Waals surface area (Å²) in [6.07, 6.45) is -9.26. The van der Waals surface area contributed by atoms with Crippen molar-refractivity contribution in [2.24, 2.45) is 0 Å². The molecule has 57 heavy (non-hydrogen) atoms. The van der Waals surface area contributed by atoms with Crippen molar-refractivity contribution in [3.05, 3.63) is 115 Å². The number of aromatic nitrogens is 2. The number of carbonyl (C=O) groups excluding carboxylic acids is 1. The molecule has 2 fully saturated rings. The van der Waals surface area contributed by atoms with Gasteiger partial charge in [0.25, 0.3) is 5.24 Å². The van der Waals surface area contributed by atoms with Crippen LogP contribution in [0.25, 0.3) is 20.4 Å². The molecule has 0 saturated carbocycles. The molecular weight excluding hydrogens is 900 g/mol. The predicted molar refractivity (Wildman–Crippen MR) is 217 cm³/mol. The summed E-state index contributed by atoms with van der Waals surface area (Å²) >= 11 is 32.0. The molecule has 4 heterocycles. The van der Waals surface area contributed by atoms with Crippen LogP contribution in [-0.2, 0) is 17.4 Å². The Morgan fingerprint density at radius 1 is 0.684 bits per heavy atom. The van der Waals surface area contributed by atoms with Crippen LogP contribution in [-0.4, -0.2) is 58.8 Å². The van der Waals surface area contributed by atoms with Crippen molar-refractivity contribution in [2.75, 3.05) is 36.0 Å². The second-order valence-corrected chi connectivity index (χ2v) is 17.7. The van der Waals surface area contributed by atoms with Crippen LogP contribution in [0, 0.1) is 0 Å². The number of rotatable bonds is 6. The Kier molecular flexibility index (Phi) is 11.7. The van der Waals surface area contributed by atoms with Gasteiger partial charge in [0.15, 0.2) is 10.3 Å². The maximum atomic E-state index is 14.2. The maximum Gasteiger partial charge on any atom is 0.400 e. The van der Waals surface area contributed by atoms with Gasteiger partial charge in [-0.2, -0.15) is 26.3 Å². The topological polar surface area (TPSA) is 69.6 Å². The fourth-order valence-corrected chi connectivity index (χ4v) is 10.8. The van der Waals surface area contributed by atoms with Crippen molar-refractivity contribution in [3.8, 4) is 0 Å². The van der Waals surface area contributed by atoms with Crippen LogP contribution < -0.4 is 9.80 Å². The highest BCUT2D eigenvalue weighted by Gasteiger charge is 2.60. The van der Waals surface area contributed by atoms with E-state index in [2.05, 4.69) is 9.97 Å². The summed E-state index contributed by atoms with van der Waals surface area (Å²) in [4.78, 5) is 23.8. The molecule has 8 rings (SSSR count). The molecule has 2 saturated heterocycles. The Bertz CT molecular complexity index is 2460. The van der Waals surface area contributed by atoms with Gasteiger partial charge >= 0.3 is 12.4 Å². The standard InChI is InChI=1S/C19H12Cl3F3N2OS.C19H15Cl2F3N2OS/c20-11-6-10(7-12(21)8-11)18(19(23,24)25)4-5-27(9-18)17-26-14-3-1-2-13(16(22)28)15(14)29-17;20-13-6-12(7-14(21)8-13)18(19(22,23)24)4-5-26(10-18)17-25-15-3-1-2-11(9-27)16(15)28-17/h1-3,6-8H,4-5,9H2;1-3,6-8,27H,4-5,9-10H2. The fraction of sp³-hybridized carbons (Fsp3) is 0.289. The molecule has 2 unspecified atom stereocenters. The molecule has 6 nitrogen and oxygen atoms in total. The molecule has 0 radical (unpaired) electrons. The van der Waals surface area contributed by atoms with E-state index in [0.29, 0.717) is 31.6 Å². The highest BCUT2D eigenvalue weighted by molar-refractivity contribution is 7.23. The first-order valence-electron chi connectivity index (χ1n) is 17.0. The Morgan fingerprint density at radius 2 is 1.11 bits per heavy atom. The van der Waals surface area contributed by atoms with Gasteiger partial charge in [-0.15, -0.1) is 0 Å². The van der Waals surface area contributed by atoms with Crippen molar-refractivity contribution >= 4 is 117 Å². The third-order valence-corrected chi connectivity index (χ3v) is 13.7. The number of anilines is 2. The summed E-state index contributed by atoms with van der Waals surface area (Å²) in [5, 5.41) is 10.4.